The largest absolute Gasteiger partial charge is 0.157 e. The van der Waals surface area contributed by atoms with Crippen molar-refractivity contribution in [2.75, 3.05) is 5.75 Å². The molecule has 0 spiro atoms. The molecule has 0 aromatic heterocycles. The molecule has 11 heavy (non-hydrogen) atoms. The predicted molar refractivity (Wildman–Crippen MR) is 54.0 cm³/mol. The molecule has 0 heterocycles. The summed E-state index contributed by atoms with van der Waals surface area (Å²) in [4.78, 5) is 0. The molecule has 0 aliphatic rings. The van der Waals surface area contributed by atoms with Crippen molar-refractivity contribution in [3.63, 3.8) is 0 Å². The minimum Gasteiger partial charge on any atom is -0.157 e. The Bertz CT molecular complexity index is 174. The molecule has 2 heteroatoms. The van der Waals surface area contributed by atoms with Crippen LogP contribution in [0.15, 0.2) is 30.3 Å². The van der Waals surface area contributed by atoms with Gasteiger partial charge in [-0.05, 0) is 11.3 Å². The van der Waals surface area contributed by atoms with Gasteiger partial charge < -0.3 is 0 Å². The average Bonchev–Trinajstić information content (AvgIpc) is 2.03. The van der Waals surface area contributed by atoms with E-state index in [1.807, 2.05) is 11.8 Å². The van der Waals surface area contributed by atoms with E-state index in [4.69, 9.17) is 0 Å². The Morgan fingerprint density at radius 2 is 1.82 bits per heavy atom. The minimum atomic E-state index is 0. The van der Waals surface area contributed by atoms with Crippen LogP contribution in [0.1, 0.15) is 12.5 Å². The molecule has 0 N–H and O–H groups in total. The van der Waals surface area contributed by atoms with Crippen molar-refractivity contribution < 1.29 is 0 Å². The predicted octanol–water partition coefficient (Wildman–Crippen LogP) is 2.56. The van der Waals surface area contributed by atoms with Crippen molar-refractivity contribution in [1.29, 1.82) is 0 Å². The van der Waals surface area contributed by atoms with Gasteiger partial charge in [0.1, 0.15) is 0 Å². The Morgan fingerprint density at radius 1 is 1.18 bits per heavy atom. The molecule has 0 fully saturated rings. The van der Waals surface area contributed by atoms with Crippen molar-refractivity contribution in [1.82, 2.24) is 0 Å². The molecule has 0 unspecified atom stereocenters. The summed E-state index contributed by atoms with van der Waals surface area (Å²) in [5.74, 6) is 2.35. The summed E-state index contributed by atoms with van der Waals surface area (Å²) in [5.41, 5.74) is 1.43. The van der Waals surface area contributed by atoms with Crippen LogP contribution in [0.5, 0.6) is 0 Å². The van der Waals surface area contributed by atoms with E-state index in [-0.39, 0.29) is 18.9 Å². The van der Waals surface area contributed by atoms with Gasteiger partial charge in [-0.1, -0.05) is 37.3 Å². The second-order valence-electron chi connectivity index (χ2n) is 2.12. The van der Waals surface area contributed by atoms with Crippen molar-refractivity contribution >= 4 is 30.6 Å². The van der Waals surface area contributed by atoms with Crippen LogP contribution in [0.3, 0.4) is 0 Å². The number of rotatable bonds is 3. The first-order valence-electron chi connectivity index (χ1n) is 3.55. The maximum atomic E-state index is 2.19. The third-order valence-corrected chi connectivity index (χ3v) is 2.26. The summed E-state index contributed by atoms with van der Waals surface area (Å²) in [6.07, 6.45) is 0. The van der Waals surface area contributed by atoms with Crippen molar-refractivity contribution in [3.8, 4) is 0 Å². The zero-order chi connectivity index (χ0) is 7.23. The molecule has 0 saturated carbocycles. The van der Waals surface area contributed by atoms with Crippen LogP contribution in [0.25, 0.3) is 0 Å². The molecule has 0 aliphatic heterocycles. The van der Waals surface area contributed by atoms with E-state index in [0.29, 0.717) is 0 Å². The van der Waals surface area contributed by atoms with E-state index in [2.05, 4.69) is 37.3 Å². The first kappa shape index (κ1) is 11.2. The molecular formula is C9H12LiS. The van der Waals surface area contributed by atoms with Gasteiger partial charge in [-0.3, -0.25) is 0 Å². The fraction of sp³-hybridized carbons (Fsp3) is 0.333. The quantitative estimate of drug-likeness (QED) is 0.611. The van der Waals surface area contributed by atoms with Gasteiger partial charge in [-0.2, -0.15) is 11.8 Å². The van der Waals surface area contributed by atoms with Gasteiger partial charge in [0.15, 0.2) is 0 Å². The van der Waals surface area contributed by atoms with E-state index in [1.54, 1.807) is 0 Å². The second-order valence-corrected chi connectivity index (χ2v) is 3.40. The Kier molecular flexibility index (Phi) is 6.96. The topological polar surface area (TPSA) is 0 Å². The van der Waals surface area contributed by atoms with Crippen LogP contribution < -0.4 is 0 Å². The molecule has 1 rings (SSSR count). The number of hydrogen-bond donors (Lipinski definition) is 0. The molecule has 0 atom stereocenters. The number of benzene rings is 1. The SMILES string of the molecule is CCSCc1ccccc1.[Li]. The summed E-state index contributed by atoms with van der Waals surface area (Å²) in [7, 11) is 0. The fourth-order valence-corrected chi connectivity index (χ4v) is 1.43. The van der Waals surface area contributed by atoms with E-state index in [1.165, 1.54) is 11.3 Å². The normalized spacial score (nSPS) is 8.82. The maximum Gasteiger partial charge on any atom is 0.0184 e. The third kappa shape index (κ3) is 4.58. The Balaban J connectivity index is 0.000001000. The van der Waals surface area contributed by atoms with Gasteiger partial charge in [0.25, 0.3) is 0 Å². The molecular weight excluding hydrogens is 147 g/mol. The van der Waals surface area contributed by atoms with E-state index >= 15 is 0 Å². The van der Waals surface area contributed by atoms with Gasteiger partial charge in [0, 0.05) is 24.6 Å². The molecule has 55 valence electrons. The average molecular weight is 159 g/mol. The Labute approximate surface area is 84.9 Å². The van der Waals surface area contributed by atoms with Gasteiger partial charge in [0.2, 0.25) is 0 Å². The smallest absolute Gasteiger partial charge is 0.0184 e. The van der Waals surface area contributed by atoms with E-state index < -0.39 is 0 Å². The first-order valence-corrected chi connectivity index (χ1v) is 4.70. The molecule has 1 aromatic rings. The van der Waals surface area contributed by atoms with Crippen LogP contribution in [-0.2, 0) is 5.75 Å². The molecule has 0 saturated heterocycles. The van der Waals surface area contributed by atoms with Crippen molar-refractivity contribution in [3.05, 3.63) is 35.9 Å². The van der Waals surface area contributed by atoms with Gasteiger partial charge in [0.05, 0.1) is 0 Å². The summed E-state index contributed by atoms with van der Waals surface area (Å²) >= 11 is 1.96. The minimum absolute atomic E-state index is 0. The fourth-order valence-electron chi connectivity index (χ4n) is 0.794. The molecule has 0 amide bonds. The van der Waals surface area contributed by atoms with Gasteiger partial charge in [-0.25, -0.2) is 0 Å². The van der Waals surface area contributed by atoms with Crippen LogP contribution >= 0.6 is 11.8 Å². The van der Waals surface area contributed by atoms with E-state index in [0.717, 1.165) is 5.75 Å². The van der Waals surface area contributed by atoms with Crippen molar-refractivity contribution in [2.45, 2.75) is 12.7 Å². The zero-order valence-corrected chi connectivity index (χ0v) is 8.03. The standard InChI is InChI=1S/C9H12S.Li/c1-2-10-8-9-6-4-3-5-7-9;/h3-7H,2,8H2,1H3;. The van der Waals surface area contributed by atoms with Crippen LogP contribution in [0, 0.1) is 0 Å². The Morgan fingerprint density at radius 3 is 2.36 bits per heavy atom. The van der Waals surface area contributed by atoms with Gasteiger partial charge >= 0.3 is 0 Å². The van der Waals surface area contributed by atoms with Crippen molar-refractivity contribution in [2.24, 2.45) is 0 Å². The summed E-state index contributed by atoms with van der Waals surface area (Å²) < 4.78 is 0. The molecule has 0 bridgehead atoms. The molecule has 0 aliphatic carbocycles. The monoisotopic (exact) mass is 159 g/mol. The molecule has 0 nitrogen and oxygen atoms in total. The number of hydrogen-bond acceptors (Lipinski definition) is 1. The van der Waals surface area contributed by atoms with Crippen LogP contribution in [0.2, 0.25) is 0 Å². The van der Waals surface area contributed by atoms with E-state index in [9.17, 15) is 0 Å². The first-order chi connectivity index (χ1) is 4.93. The summed E-state index contributed by atoms with van der Waals surface area (Å²) in [5, 5.41) is 0. The van der Waals surface area contributed by atoms with Gasteiger partial charge in [-0.15, -0.1) is 0 Å². The third-order valence-electron chi connectivity index (χ3n) is 1.32. The number of thioether (sulfide) groups is 1. The second kappa shape index (κ2) is 6.85. The zero-order valence-electron chi connectivity index (χ0n) is 7.21. The van der Waals surface area contributed by atoms with Crippen LogP contribution in [-0.4, -0.2) is 24.6 Å². The Hall–Kier alpha value is 0.167. The summed E-state index contributed by atoms with van der Waals surface area (Å²) in [6.45, 7) is 2.19. The van der Waals surface area contributed by atoms with Crippen LogP contribution in [0.4, 0.5) is 0 Å². The molecule has 1 radical (unpaired) electrons. The summed E-state index contributed by atoms with van der Waals surface area (Å²) in [6, 6.07) is 10.6. The maximum absolute atomic E-state index is 2.19. The molecule has 1 aromatic carbocycles.